The molecule has 0 saturated carbocycles. The van der Waals surface area contributed by atoms with Crippen LogP contribution in [-0.2, 0) is 24.2 Å². The molecule has 1 unspecified atom stereocenters. The number of carbonyl (C=O) groups is 1. The molecule has 1 aliphatic rings. The van der Waals surface area contributed by atoms with Gasteiger partial charge in [0.1, 0.15) is 17.6 Å². The van der Waals surface area contributed by atoms with Gasteiger partial charge >= 0.3 is 0 Å². The zero-order valence-electron chi connectivity index (χ0n) is 12.5. The van der Waals surface area contributed by atoms with Gasteiger partial charge in [0, 0.05) is 18.9 Å². The molecule has 1 aromatic carbocycles. The quantitative estimate of drug-likeness (QED) is 0.803. The number of aliphatic imine (C=N–C) groups is 1. The number of fused-ring (bicyclic) bond motifs is 1. The van der Waals surface area contributed by atoms with Crippen molar-refractivity contribution < 1.29 is 15.0 Å². The zero-order valence-corrected chi connectivity index (χ0v) is 12.5. The van der Waals surface area contributed by atoms with E-state index in [2.05, 4.69) is 15.3 Å². The molecule has 0 bridgehead atoms. The van der Waals surface area contributed by atoms with Gasteiger partial charge in [-0.05, 0) is 17.5 Å². The van der Waals surface area contributed by atoms with Crippen molar-refractivity contribution in [1.29, 1.82) is 0 Å². The molecule has 0 fully saturated rings. The lowest BCUT2D eigenvalue weighted by molar-refractivity contribution is -0.304. The molecule has 2 aromatic rings. The molecule has 1 aliphatic heterocycles. The molecule has 7 heteroatoms. The first kappa shape index (κ1) is 15.2. The number of nitrogens with one attached hydrogen (secondary N) is 1. The van der Waals surface area contributed by atoms with Crippen LogP contribution in [0.2, 0.25) is 0 Å². The Morgan fingerprint density at radius 1 is 1.43 bits per heavy atom. The van der Waals surface area contributed by atoms with Crippen LogP contribution in [0.5, 0.6) is 0 Å². The maximum atomic E-state index is 10.7. The van der Waals surface area contributed by atoms with Crippen LogP contribution in [0, 0.1) is 0 Å². The minimum Gasteiger partial charge on any atom is -0.550 e. The molecule has 1 atom stereocenters. The molecule has 1 aromatic heterocycles. The van der Waals surface area contributed by atoms with Crippen molar-refractivity contribution in [2.45, 2.75) is 25.5 Å². The highest BCUT2D eigenvalue weighted by Crippen LogP contribution is 2.23. The minimum atomic E-state index is -1.08. The van der Waals surface area contributed by atoms with Crippen LogP contribution in [0.1, 0.15) is 22.9 Å². The summed E-state index contributed by atoms with van der Waals surface area (Å²) in [4.78, 5) is 19.0. The summed E-state index contributed by atoms with van der Waals surface area (Å²) < 4.78 is 1.92. The van der Waals surface area contributed by atoms with Crippen LogP contribution in [0.4, 0.5) is 5.82 Å². The SMILES string of the molecule is O=C([O-])Cc1cccc(CCn2cnc3c2NC=NCC3O)c1. The topological polar surface area (TPSA) is 103 Å². The summed E-state index contributed by atoms with van der Waals surface area (Å²) in [5.74, 6) is -0.343. The molecule has 2 heterocycles. The smallest absolute Gasteiger partial charge is 0.137 e. The van der Waals surface area contributed by atoms with Gasteiger partial charge in [-0.25, -0.2) is 4.98 Å². The first-order valence-electron chi connectivity index (χ1n) is 7.39. The second-order valence-electron chi connectivity index (χ2n) is 5.44. The van der Waals surface area contributed by atoms with E-state index in [0.717, 1.165) is 23.4 Å². The number of aryl methyl sites for hydroxylation is 2. The van der Waals surface area contributed by atoms with Gasteiger partial charge in [0.25, 0.3) is 0 Å². The van der Waals surface area contributed by atoms with Gasteiger partial charge in [0.2, 0.25) is 0 Å². The Kier molecular flexibility index (Phi) is 4.38. The molecule has 23 heavy (non-hydrogen) atoms. The number of aromatic nitrogens is 2. The molecular formula is C16H17N4O3-. The lowest BCUT2D eigenvalue weighted by Crippen LogP contribution is -2.24. The van der Waals surface area contributed by atoms with Crippen molar-refractivity contribution in [3.05, 3.63) is 47.4 Å². The number of aliphatic carboxylic acids is 1. The van der Waals surface area contributed by atoms with Gasteiger partial charge < -0.3 is 24.9 Å². The predicted molar refractivity (Wildman–Crippen MR) is 83.0 cm³/mol. The highest BCUT2D eigenvalue weighted by Gasteiger charge is 2.19. The minimum absolute atomic E-state index is 0.0848. The average Bonchev–Trinajstić information content (AvgIpc) is 2.83. The van der Waals surface area contributed by atoms with E-state index in [-0.39, 0.29) is 6.42 Å². The summed E-state index contributed by atoms with van der Waals surface area (Å²) in [6.07, 6.45) is 3.18. The Morgan fingerprint density at radius 2 is 2.26 bits per heavy atom. The van der Waals surface area contributed by atoms with Crippen LogP contribution in [0.3, 0.4) is 0 Å². The van der Waals surface area contributed by atoms with Crippen molar-refractivity contribution >= 4 is 18.1 Å². The fourth-order valence-electron chi connectivity index (χ4n) is 2.63. The Bertz CT molecular complexity index is 739. The first-order chi connectivity index (χ1) is 11.1. The average molecular weight is 313 g/mol. The van der Waals surface area contributed by atoms with Crippen LogP contribution in [0.15, 0.2) is 35.6 Å². The van der Waals surface area contributed by atoms with E-state index in [9.17, 15) is 15.0 Å². The fraction of sp³-hybridized carbons (Fsp3) is 0.312. The predicted octanol–water partition coefficient (Wildman–Crippen LogP) is -0.0946. The van der Waals surface area contributed by atoms with Crippen molar-refractivity contribution in [2.75, 3.05) is 11.9 Å². The van der Waals surface area contributed by atoms with Gasteiger partial charge in [0.15, 0.2) is 0 Å². The molecule has 0 saturated heterocycles. The summed E-state index contributed by atoms with van der Waals surface area (Å²) in [6.45, 7) is 0.951. The largest absolute Gasteiger partial charge is 0.550 e. The zero-order chi connectivity index (χ0) is 16.2. The lowest BCUT2D eigenvalue weighted by atomic mass is 10.1. The summed E-state index contributed by atoms with van der Waals surface area (Å²) >= 11 is 0. The highest BCUT2D eigenvalue weighted by atomic mass is 16.4. The summed E-state index contributed by atoms with van der Waals surface area (Å²) in [5.41, 5.74) is 2.36. The van der Waals surface area contributed by atoms with Gasteiger partial charge in [0.05, 0.1) is 19.2 Å². The molecule has 120 valence electrons. The summed E-state index contributed by atoms with van der Waals surface area (Å²) in [7, 11) is 0. The van der Waals surface area contributed by atoms with E-state index in [1.165, 1.54) is 0 Å². The molecule has 7 nitrogen and oxygen atoms in total. The van der Waals surface area contributed by atoms with Gasteiger partial charge in [-0.3, -0.25) is 4.99 Å². The number of carboxylic acids is 1. The van der Waals surface area contributed by atoms with Gasteiger partial charge in [-0.2, -0.15) is 0 Å². The lowest BCUT2D eigenvalue weighted by Gasteiger charge is -2.10. The Hall–Kier alpha value is -2.67. The van der Waals surface area contributed by atoms with E-state index < -0.39 is 12.1 Å². The molecule has 3 rings (SSSR count). The second-order valence-corrected chi connectivity index (χ2v) is 5.44. The number of aliphatic hydroxyl groups excluding tert-OH is 1. The van der Waals surface area contributed by atoms with E-state index in [4.69, 9.17) is 0 Å². The number of anilines is 1. The monoisotopic (exact) mass is 313 g/mol. The van der Waals surface area contributed by atoms with Crippen LogP contribution >= 0.6 is 0 Å². The van der Waals surface area contributed by atoms with Crippen LogP contribution in [0.25, 0.3) is 0 Å². The molecule has 2 N–H and O–H groups in total. The highest BCUT2D eigenvalue weighted by molar-refractivity contribution is 5.76. The third kappa shape index (κ3) is 3.57. The van der Waals surface area contributed by atoms with Gasteiger partial charge in [-0.15, -0.1) is 0 Å². The van der Waals surface area contributed by atoms with Crippen molar-refractivity contribution in [3.8, 4) is 0 Å². The molecule has 0 spiro atoms. The van der Waals surface area contributed by atoms with E-state index in [1.807, 2.05) is 22.8 Å². The normalized spacial score (nSPS) is 16.5. The van der Waals surface area contributed by atoms with E-state index in [1.54, 1.807) is 18.7 Å². The Balaban J connectivity index is 1.72. The molecule has 0 radical (unpaired) electrons. The number of carbonyl (C=O) groups excluding carboxylic acids is 1. The van der Waals surface area contributed by atoms with E-state index >= 15 is 0 Å². The maximum Gasteiger partial charge on any atom is 0.137 e. The molecule has 0 aliphatic carbocycles. The Morgan fingerprint density at radius 3 is 3.09 bits per heavy atom. The fourth-order valence-corrected chi connectivity index (χ4v) is 2.63. The van der Waals surface area contributed by atoms with Crippen molar-refractivity contribution in [3.63, 3.8) is 0 Å². The number of nitrogens with zero attached hydrogens (tertiary/aromatic N) is 3. The molecular weight excluding hydrogens is 296 g/mol. The number of hydrogen-bond acceptors (Lipinski definition) is 6. The number of carboxylic acid groups (broad SMARTS) is 1. The van der Waals surface area contributed by atoms with E-state index in [0.29, 0.717) is 18.8 Å². The third-order valence-corrected chi connectivity index (χ3v) is 3.73. The number of rotatable bonds is 5. The first-order valence-corrected chi connectivity index (χ1v) is 7.39. The maximum absolute atomic E-state index is 10.7. The number of imidazole rings is 1. The number of hydrogen-bond donors (Lipinski definition) is 2. The van der Waals surface area contributed by atoms with Gasteiger partial charge in [-0.1, -0.05) is 24.3 Å². The van der Waals surface area contributed by atoms with Crippen LogP contribution < -0.4 is 10.4 Å². The summed E-state index contributed by atoms with van der Waals surface area (Å²) in [6, 6.07) is 7.45. The molecule has 0 amide bonds. The number of aliphatic hydroxyl groups is 1. The second kappa shape index (κ2) is 6.62. The van der Waals surface area contributed by atoms with Crippen molar-refractivity contribution in [2.24, 2.45) is 4.99 Å². The third-order valence-electron chi connectivity index (χ3n) is 3.73. The number of benzene rings is 1. The Labute approximate surface area is 133 Å². The van der Waals surface area contributed by atoms with Crippen LogP contribution in [-0.4, -0.2) is 33.5 Å². The van der Waals surface area contributed by atoms with Crippen molar-refractivity contribution in [1.82, 2.24) is 9.55 Å². The standard InChI is InChI=1S/C16H18N4O3/c21-13-8-17-9-18-16-15(13)19-10-20(16)5-4-11-2-1-3-12(6-11)7-14(22)23/h1-3,6,9-10,13,21H,4-5,7-8H2,(H,17,18)(H,22,23)/p-1. The summed E-state index contributed by atoms with van der Waals surface area (Å²) in [5, 5.41) is 23.7.